The SMILES string of the molecule is CC/C(=C\C=NC)CCNC(O)COC. The maximum Gasteiger partial charge on any atom is 0.128 e. The molecule has 0 aromatic heterocycles. The molecule has 0 aliphatic carbocycles. The number of nitrogens with zero attached hydrogens (tertiary/aromatic N) is 1. The number of hydrogen-bond acceptors (Lipinski definition) is 4. The molecule has 0 amide bonds. The fourth-order valence-corrected chi connectivity index (χ4v) is 1.17. The summed E-state index contributed by atoms with van der Waals surface area (Å²) in [5, 5.41) is 12.3. The summed E-state index contributed by atoms with van der Waals surface area (Å²) in [6.07, 6.45) is 5.17. The van der Waals surface area contributed by atoms with E-state index in [-0.39, 0.29) is 0 Å². The van der Waals surface area contributed by atoms with Gasteiger partial charge in [0, 0.05) is 26.9 Å². The van der Waals surface area contributed by atoms with Crippen LogP contribution in [0.2, 0.25) is 0 Å². The first kappa shape index (κ1) is 14.3. The third-order valence-corrected chi connectivity index (χ3v) is 2.06. The third kappa shape index (κ3) is 8.30. The Hall–Kier alpha value is -0.710. The second kappa shape index (κ2) is 9.83. The molecule has 2 N–H and O–H groups in total. The third-order valence-electron chi connectivity index (χ3n) is 2.06. The molecular weight excluding hydrogens is 192 g/mol. The minimum atomic E-state index is -0.576. The van der Waals surface area contributed by atoms with E-state index in [1.807, 2.05) is 6.08 Å². The summed E-state index contributed by atoms with van der Waals surface area (Å²) in [7, 11) is 3.32. The highest BCUT2D eigenvalue weighted by molar-refractivity contribution is 5.71. The van der Waals surface area contributed by atoms with Crippen LogP contribution in [0, 0.1) is 0 Å². The van der Waals surface area contributed by atoms with Crippen molar-refractivity contribution in [1.29, 1.82) is 0 Å². The molecule has 0 aromatic rings. The molecule has 0 saturated heterocycles. The lowest BCUT2D eigenvalue weighted by Crippen LogP contribution is -2.33. The number of ether oxygens (including phenoxy) is 1. The predicted octanol–water partition coefficient (Wildman–Crippen LogP) is 0.968. The van der Waals surface area contributed by atoms with Crippen molar-refractivity contribution in [3.63, 3.8) is 0 Å². The molecule has 0 saturated carbocycles. The number of nitrogens with one attached hydrogen (secondary N) is 1. The lowest BCUT2D eigenvalue weighted by Gasteiger charge is -2.12. The first-order valence-electron chi connectivity index (χ1n) is 5.25. The predicted molar refractivity (Wildman–Crippen MR) is 63.3 cm³/mol. The lowest BCUT2D eigenvalue weighted by molar-refractivity contribution is 0.0430. The quantitative estimate of drug-likeness (QED) is 0.467. The summed E-state index contributed by atoms with van der Waals surface area (Å²) in [6, 6.07) is 0. The molecule has 0 heterocycles. The first-order chi connectivity index (χ1) is 7.24. The van der Waals surface area contributed by atoms with Crippen molar-refractivity contribution in [3.8, 4) is 0 Å². The Kier molecular flexibility index (Phi) is 9.36. The van der Waals surface area contributed by atoms with Gasteiger partial charge in [-0.3, -0.25) is 10.3 Å². The van der Waals surface area contributed by atoms with Gasteiger partial charge in [-0.25, -0.2) is 0 Å². The number of aliphatic hydroxyl groups is 1. The van der Waals surface area contributed by atoms with Crippen LogP contribution < -0.4 is 5.32 Å². The van der Waals surface area contributed by atoms with Crippen LogP contribution >= 0.6 is 0 Å². The van der Waals surface area contributed by atoms with Gasteiger partial charge in [-0.2, -0.15) is 0 Å². The van der Waals surface area contributed by atoms with Crippen LogP contribution in [0.25, 0.3) is 0 Å². The van der Waals surface area contributed by atoms with Crippen molar-refractivity contribution >= 4 is 6.21 Å². The molecule has 15 heavy (non-hydrogen) atoms. The molecular formula is C11H22N2O2. The van der Waals surface area contributed by atoms with Gasteiger partial charge >= 0.3 is 0 Å². The van der Waals surface area contributed by atoms with Crippen LogP contribution in [0.4, 0.5) is 0 Å². The van der Waals surface area contributed by atoms with Crippen molar-refractivity contribution in [2.45, 2.75) is 26.0 Å². The van der Waals surface area contributed by atoms with Crippen LogP contribution in [-0.4, -0.2) is 44.9 Å². The Morgan fingerprint density at radius 2 is 2.33 bits per heavy atom. The van der Waals surface area contributed by atoms with E-state index < -0.39 is 6.23 Å². The molecule has 1 unspecified atom stereocenters. The van der Waals surface area contributed by atoms with E-state index in [1.165, 1.54) is 5.57 Å². The van der Waals surface area contributed by atoms with Gasteiger partial charge in [0.05, 0.1) is 6.61 Å². The zero-order valence-corrected chi connectivity index (χ0v) is 9.86. The summed E-state index contributed by atoms with van der Waals surface area (Å²) in [5.41, 5.74) is 1.32. The summed E-state index contributed by atoms with van der Waals surface area (Å²) in [6.45, 7) is 3.18. The minimum Gasteiger partial charge on any atom is -0.381 e. The molecule has 0 radical (unpaired) electrons. The number of methoxy groups -OCH3 is 1. The Morgan fingerprint density at radius 1 is 1.60 bits per heavy atom. The van der Waals surface area contributed by atoms with E-state index in [1.54, 1.807) is 20.4 Å². The standard InChI is InChI=1S/C11H22N2O2/c1-4-10(5-7-12-2)6-8-13-11(14)9-15-3/h5,7,11,13-14H,4,6,8-9H2,1-3H3/b10-5+,12-7?. The number of aliphatic hydroxyl groups excluding tert-OH is 1. The number of rotatable bonds is 8. The maximum absolute atomic E-state index is 9.33. The summed E-state index contributed by atoms with van der Waals surface area (Å²) in [4.78, 5) is 3.90. The number of allylic oxidation sites excluding steroid dienone is 1. The molecule has 1 atom stereocenters. The van der Waals surface area contributed by atoms with E-state index in [2.05, 4.69) is 17.2 Å². The minimum absolute atomic E-state index is 0.321. The van der Waals surface area contributed by atoms with Gasteiger partial charge < -0.3 is 9.84 Å². The van der Waals surface area contributed by atoms with Crippen LogP contribution in [0.3, 0.4) is 0 Å². The average molecular weight is 214 g/mol. The lowest BCUT2D eigenvalue weighted by atomic mass is 10.1. The molecule has 0 fully saturated rings. The van der Waals surface area contributed by atoms with E-state index in [4.69, 9.17) is 4.74 Å². The zero-order chi connectivity index (χ0) is 11.5. The second-order valence-electron chi connectivity index (χ2n) is 3.26. The fourth-order valence-electron chi connectivity index (χ4n) is 1.17. The topological polar surface area (TPSA) is 53.9 Å². The van der Waals surface area contributed by atoms with Gasteiger partial charge in [0.15, 0.2) is 0 Å². The van der Waals surface area contributed by atoms with Gasteiger partial charge in [0.1, 0.15) is 6.23 Å². The fraction of sp³-hybridized carbons (Fsp3) is 0.727. The van der Waals surface area contributed by atoms with Gasteiger partial charge in [-0.15, -0.1) is 0 Å². The van der Waals surface area contributed by atoms with Crippen LogP contribution in [0.15, 0.2) is 16.6 Å². The summed E-state index contributed by atoms with van der Waals surface area (Å²) < 4.78 is 4.80. The van der Waals surface area contributed by atoms with Crippen LogP contribution in [0.1, 0.15) is 19.8 Å². The maximum atomic E-state index is 9.33. The second-order valence-corrected chi connectivity index (χ2v) is 3.26. The van der Waals surface area contributed by atoms with Gasteiger partial charge in [0.2, 0.25) is 0 Å². The van der Waals surface area contributed by atoms with Crippen molar-refractivity contribution in [2.24, 2.45) is 4.99 Å². The van der Waals surface area contributed by atoms with E-state index in [0.29, 0.717) is 6.61 Å². The molecule has 4 heteroatoms. The van der Waals surface area contributed by atoms with Crippen molar-refractivity contribution in [1.82, 2.24) is 5.32 Å². The Labute approximate surface area is 92.1 Å². The number of aliphatic imine (C=N–C) groups is 1. The molecule has 0 rings (SSSR count). The van der Waals surface area contributed by atoms with Crippen molar-refractivity contribution in [2.75, 3.05) is 27.3 Å². The normalized spacial score (nSPS) is 14.8. The largest absolute Gasteiger partial charge is 0.381 e. The molecule has 0 bridgehead atoms. The highest BCUT2D eigenvalue weighted by Crippen LogP contribution is 2.04. The molecule has 88 valence electrons. The van der Waals surface area contributed by atoms with Crippen LogP contribution in [-0.2, 0) is 4.74 Å². The van der Waals surface area contributed by atoms with Crippen molar-refractivity contribution < 1.29 is 9.84 Å². The molecule has 0 aliphatic heterocycles. The van der Waals surface area contributed by atoms with Crippen LogP contribution in [0.5, 0.6) is 0 Å². The van der Waals surface area contributed by atoms with Gasteiger partial charge in [-0.05, 0) is 18.9 Å². The van der Waals surface area contributed by atoms with Gasteiger partial charge in [-0.1, -0.05) is 12.5 Å². The highest BCUT2D eigenvalue weighted by atomic mass is 16.5. The average Bonchev–Trinajstić information content (AvgIpc) is 2.23. The smallest absolute Gasteiger partial charge is 0.128 e. The Morgan fingerprint density at radius 3 is 2.87 bits per heavy atom. The van der Waals surface area contributed by atoms with E-state index >= 15 is 0 Å². The molecule has 0 spiro atoms. The monoisotopic (exact) mass is 214 g/mol. The van der Waals surface area contributed by atoms with E-state index in [0.717, 1.165) is 19.4 Å². The first-order valence-corrected chi connectivity index (χ1v) is 5.25. The highest BCUT2D eigenvalue weighted by Gasteiger charge is 2.01. The molecule has 4 nitrogen and oxygen atoms in total. The van der Waals surface area contributed by atoms with E-state index in [9.17, 15) is 5.11 Å². The summed E-state index contributed by atoms with van der Waals surface area (Å²) in [5.74, 6) is 0. The molecule has 0 aliphatic rings. The van der Waals surface area contributed by atoms with Crippen molar-refractivity contribution in [3.05, 3.63) is 11.6 Å². The number of hydrogen-bond donors (Lipinski definition) is 2. The molecule has 0 aromatic carbocycles. The zero-order valence-electron chi connectivity index (χ0n) is 9.86. The Balaban J connectivity index is 3.72. The summed E-state index contributed by atoms with van der Waals surface area (Å²) >= 11 is 0. The Bertz CT molecular complexity index is 203. The van der Waals surface area contributed by atoms with Gasteiger partial charge in [0.25, 0.3) is 0 Å².